The van der Waals surface area contributed by atoms with Crippen molar-refractivity contribution in [3.05, 3.63) is 65.7 Å². The molecule has 0 spiro atoms. The van der Waals surface area contributed by atoms with Crippen LogP contribution in [-0.4, -0.2) is 53.3 Å². The lowest BCUT2D eigenvalue weighted by Crippen LogP contribution is -2.41. The van der Waals surface area contributed by atoms with Crippen molar-refractivity contribution in [3.8, 4) is 0 Å². The number of fused-ring (bicyclic) bond motifs is 1. The molecule has 1 aromatic carbocycles. The SMILES string of the molecule is C=C(/C=C(\C=C1\NC1(C)C)C(F)(F)F)B1OC(C)(C)C(C)(C)O1.CC.CC1(C)OB(c2c(F)ccc3[nH]ccc23)OC1(C)C. The van der Waals surface area contributed by atoms with E-state index in [1.165, 1.54) is 6.07 Å². The van der Waals surface area contributed by atoms with Crippen LogP contribution < -0.4 is 10.8 Å². The van der Waals surface area contributed by atoms with E-state index >= 15 is 0 Å². The summed E-state index contributed by atoms with van der Waals surface area (Å²) in [5.74, 6) is -0.300. The van der Waals surface area contributed by atoms with Crippen molar-refractivity contribution in [2.75, 3.05) is 0 Å². The number of hydrogen-bond donors (Lipinski definition) is 2. The lowest BCUT2D eigenvalue weighted by Gasteiger charge is -2.32. The fourth-order valence-electron chi connectivity index (χ4n) is 4.48. The van der Waals surface area contributed by atoms with E-state index in [2.05, 4.69) is 16.9 Å². The smallest absolute Gasteiger partial charge is 0.399 e. The lowest BCUT2D eigenvalue weighted by molar-refractivity contribution is -0.0882. The molecule has 0 aliphatic carbocycles. The summed E-state index contributed by atoms with van der Waals surface area (Å²) in [7, 11) is -1.57. The highest BCUT2D eigenvalue weighted by atomic mass is 19.4. The van der Waals surface area contributed by atoms with Gasteiger partial charge in [-0.2, -0.15) is 13.2 Å². The molecule has 5 rings (SSSR count). The Morgan fingerprint density at radius 3 is 1.75 bits per heavy atom. The number of alkyl halides is 3. The van der Waals surface area contributed by atoms with Crippen molar-refractivity contribution in [1.29, 1.82) is 0 Å². The number of hydrogen-bond acceptors (Lipinski definition) is 5. The second-order valence-corrected chi connectivity index (χ2v) is 13.6. The number of aromatic nitrogens is 1. The van der Waals surface area contributed by atoms with Crippen molar-refractivity contribution in [1.82, 2.24) is 10.3 Å². The Hall–Kier alpha value is -2.53. The fraction of sp³-hybridized carbons (Fsp3) is 0.562. The summed E-state index contributed by atoms with van der Waals surface area (Å²) in [5.41, 5.74) is -1.31. The number of allylic oxidation sites excluding steroid dienone is 4. The maximum Gasteiger partial charge on any atom is 0.498 e. The largest absolute Gasteiger partial charge is 0.498 e. The van der Waals surface area contributed by atoms with Crippen molar-refractivity contribution in [3.63, 3.8) is 0 Å². The predicted molar refractivity (Wildman–Crippen MR) is 170 cm³/mol. The van der Waals surface area contributed by atoms with E-state index in [1.54, 1.807) is 12.3 Å². The third kappa shape index (κ3) is 7.30. The molecule has 1 aromatic heterocycles. The predicted octanol–water partition coefficient (Wildman–Crippen LogP) is 7.56. The first-order valence-electron chi connectivity index (χ1n) is 14.9. The Labute approximate surface area is 259 Å². The van der Waals surface area contributed by atoms with Crippen molar-refractivity contribution in [2.45, 2.75) is 117 Å². The summed E-state index contributed by atoms with van der Waals surface area (Å²) in [4.78, 5) is 3.07. The molecule has 3 fully saturated rings. The first-order chi connectivity index (χ1) is 20.0. The third-order valence-corrected chi connectivity index (χ3v) is 8.79. The van der Waals surface area contributed by atoms with Crippen LogP contribution in [0.25, 0.3) is 10.9 Å². The zero-order chi connectivity index (χ0) is 33.7. The molecule has 44 heavy (non-hydrogen) atoms. The normalized spacial score (nSPS) is 23.5. The first-order valence-corrected chi connectivity index (χ1v) is 14.9. The summed E-state index contributed by atoms with van der Waals surface area (Å²) >= 11 is 0. The molecule has 242 valence electrons. The molecule has 0 saturated carbocycles. The zero-order valence-electron chi connectivity index (χ0n) is 28.0. The molecule has 12 heteroatoms. The van der Waals surface area contributed by atoms with Crippen LogP contribution in [-0.2, 0) is 18.6 Å². The van der Waals surface area contributed by atoms with Gasteiger partial charge < -0.3 is 28.9 Å². The Bertz CT molecular complexity index is 1410. The average molecular weight is 620 g/mol. The molecule has 4 heterocycles. The van der Waals surface area contributed by atoms with Gasteiger partial charge in [-0.1, -0.05) is 26.5 Å². The quantitative estimate of drug-likeness (QED) is 0.160. The molecule has 3 aliphatic rings. The zero-order valence-corrected chi connectivity index (χ0v) is 28.0. The van der Waals surface area contributed by atoms with Gasteiger partial charge >= 0.3 is 20.4 Å². The maximum absolute atomic E-state index is 14.2. The minimum atomic E-state index is -4.47. The van der Waals surface area contributed by atoms with E-state index in [0.717, 1.165) is 23.1 Å². The van der Waals surface area contributed by atoms with Gasteiger partial charge in [-0.3, -0.25) is 0 Å². The van der Waals surface area contributed by atoms with Crippen LogP contribution in [0, 0.1) is 5.82 Å². The minimum absolute atomic E-state index is 0.145. The van der Waals surface area contributed by atoms with Crippen LogP contribution >= 0.6 is 0 Å². The Kier molecular flexibility index (Phi) is 9.81. The number of halogens is 4. The van der Waals surface area contributed by atoms with Crippen LogP contribution in [0.2, 0.25) is 0 Å². The van der Waals surface area contributed by atoms with Gasteiger partial charge in [0.15, 0.2) is 0 Å². The van der Waals surface area contributed by atoms with Gasteiger partial charge in [-0.15, -0.1) is 0 Å². The summed E-state index contributed by atoms with van der Waals surface area (Å²) in [6, 6.07) is 5.01. The number of benzene rings is 1. The van der Waals surface area contributed by atoms with Gasteiger partial charge in [0, 0.05) is 28.3 Å². The van der Waals surface area contributed by atoms with Gasteiger partial charge in [0.1, 0.15) is 5.82 Å². The Balaban J connectivity index is 0.000000231. The molecule has 6 nitrogen and oxygen atoms in total. The monoisotopic (exact) mass is 620 g/mol. The van der Waals surface area contributed by atoms with Crippen LogP contribution in [0.3, 0.4) is 0 Å². The van der Waals surface area contributed by atoms with Crippen LogP contribution in [0.5, 0.6) is 0 Å². The number of aromatic amines is 1. The molecule has 3 aliphatic heterocycles. The van der Waals surface area contributed by atoms with Crippen LogP contribution in [0.15, 0.2) is 59.9 Å². The van der Waals surface area contributed by atoms with Gasteiger partial charge in [-0.05, 0) is 99.0 Å². The standard InChI is InChI=1S/C16H23BF3NO2.C14H17BFNO2.C2H6/c1-10(17-22-14(4,5)15(6,7)23-17)8-11(16(18,19)20)9-12-13(2,3)21-12;1-13(2)14(3,4)19-15(18-13)12-9-7-8-17-11(9)6-5-10(12)16;1-2/h8-9,21H,1H2,2-7H3;5-8,17H,1-4H3;1-2H3/b11-8+,12-9+;;. The molecule has 0 bridgehead atoms. The average Bonchev–Trinajstić information content (AvgIpc) is 3.14. The van der Waals surface area contributed by atoms with E-state index in [9.17, 15) is 17.6 Å². The Morgan fingerprint density at radius 2 is 1.30 bits per heavy atom. The van der Waals surface area contributed by atoms with E-state index in [4.69, 9.17) is 18.6 Å². The number of H-pyrrole nitrogens is 1. The number of nitrogens with one attached hydrogen (secondary N) is 2. The van der Waals surface area contributed by atoms with Gasteiger partial charge in [0.2, 0.25) is 0 Å². The van der Waals surface area contributed by atoms with Crippen molar-refractivity contribution in [2.24, 2.45) is 0 Å². The Morgan fingerprint density at radius 1 is 0.818 bits per heavy atom. The summed E-state index contributed by atoms with van der Waals surface area (Å²) in [6.07, 6.45) is -0.583. The van der Waals surface area contributed by atoms with Gasteiger partial charge in [-0.25, -0.2) is 4.39 Å². The highest BCUT2D eigenvalue weighted by Gasteiger charge is 2.53. The molecular weight excluding hydrogens is 574 g/mol. The highest BCUT2D eigenvalue weighted by molar-refractivity contribution is 6.65. The molecule has 2 N–H and O–H groups in total. The fourth-order valence-corrected chi connectivity index (χ4v) is 4.48. The third-order valence-electron chi connectivity index (χ3n) is 8.79. The van der Waals surface area contributed by atoms with E-state index in [1.807, 2.05) is 89.2 Å². The molecule has 0 radical (unpaired) electrons. The highest BCUT2D eigenvalue weighted by Crippen LogP contribution is 2.40. The van der Waals surface area contributed by atoms with E-state index in [-0.39, 0.29) is 11.3 Å². The van der Waals surface area contributed by atoms with Crippen molar-refractivity contribution >= 4 is 30.6 Å². The summed E-state index contributed by atoms with van der Waals surface area (Å²) in [6.45, 7) is 26.5. The summed E-state index contributed by atoms with van der Waals surface area (Å²) in [5, 5.41) is 3.71. The number of rotatable bonds is 4. The first kappa shape index (κ1) is 35.9. The molecule has 0 unspecified atom stereocenters. The molecular formula is C32H46B2F4N2O4. The van der Waals surface area contributed by atoms with Gasteiger partial charge in [0.25, 0.3) is 0 Å². The molecule has 2 aromatic rings. The van der Waals surface area contributed by atoms with Gasteiger partial charge in [0.05, 0.1) is 33.5 Å². The topological polar surface area (TPSA) is 74.7 Å². The van der Waals surface area contributed by atoms with Crippen molar-refractivity contribution < 1.29 is 36.2 Å². The van der Waals surface area contributed by atoms with Crippen LogP contribution in [0.4, 0.5) is 17.6 Å². The van der Waals surface area contributed by atoms with E-state index < -0.39 is 53.9 Å². The molecule has 0 atom stereocenters. The maximum atomic E-state index is 14.2. The summed E-state index contributed by atoms with van der Waals surface area (Å²) < 4.78 is 77.2. The molecule has 0 amide bonds. The van der Waals surface area contributed by atoms with Crippen LogP contribution in [0.1, 0.15) is 83.1 Å². The van der Waals surface area contributed by atoms with E-state index in [0.29, 0.717) is 11.2 Å². The lowest BCUT2D eigenvalue weighted by atomic mass is 9.76. The minimum Gasteiger partial charge on any atom is -0.399 e. The molecule has 3 saturated heterocycles. The second-order valence-electron chi connectivity index (χ2n) is 13.6. The second kappa shape index (κ2) is 12.0.